The summed E-state index contributed by atoms with van der Waals surface area (Å²) in [6.07, 6.45) is 6.58. The minimum atomic E-state index is -0.517. The Hall–Kier alpha value is -2.89. The zero-order chi connectivity index (χ0) is 16.9. The van der Waals surface area contributed by atoms with Gasteiger partial charge in [-0.05, 0) is 49.6 Å². The van der Waals surface area contributed by atoms with Crippen LogP contribution in [0.2, 0.25) is 0 Å². The summed E-state index contributed by atoms with van der Waals surface area (Å²) >= 11 is 0. The first-order chi connectivity index (χ1) is 11.6. The van der Waals surface area contributed by atoms with Crippen LogP contribution in [0.3, 0.4) is 0 Å². The molecular weight excluding hydrogens is 304 g/mol. The number of carbonyl (C=O) groups is 2. The number of benzene rings is 1. The highest BCUT2D eigenvalue weighted by Gasteiger charge is 2.18. The van der Waals surface area contributed by atoms with Crippen LogP contribution >= 0.6 is 0 Å². The molecule has 0 bridgehead atoms. The fraction of sp³-hybridized carbons (Fsp3) is 0.278. The Kier molecular flexibility index (Phi) is 4.74. The largest absolute Gasteiger partial charge is 0.370 e. The quantitative estimate of drug-likeness (QED) is 0.904. The van der Waals surface area contributed by atoms with E-state index in [0.29, 0.717) is 16.8 Å². The van der Waals surface area contributed by atoms with Crippen molar-refractivity contribution in [2.75, 3.05) is 23.3 Å². The van der Waals surface area contributed by atoms with E-state index in [1.54, 1.807) is 30.5 Å². The van der Waals surface area contributed by atoms with Crippen LogP contribution in [0.4, 0.5) is 11.4 Å². The van der Waals surface area contributed by atoms with Gasteiger partial charge in [0.1, 0.15) is 0 Å². The van der Waals surface area contributed by atoms with Crippen molar-refractivity contribution in [3.05, 3.63) is 53.9 Å². The molecule has 6 nitrogen and oxygen atoms in total. The van der Waals surface area contributed by atoms with E-state index in [9.17, 15) is 9.59 Å². The third-order valence-electron chi connectivity index (χ3n) is 4.15. The number of pyridine rings is 1. The van der Waals surface area contributed by atoms with Gasteiger partial charge in [-0.3, -0.25) is 14.6 Å². The Balaban J connectivity index is 1.92. The summed E-state index contributed by atoms with van der Waals surface area (Å²) in [5, 5.41) is 2.89. The lowest BCUT2D eigenvalue weighted by atomic mass is 10.1. The van der Waals surface area contributed by atoms with Gasteiger partial charge in [-0.25, -0.2) is 0 Å². The van der Waals surface area contributed by atoms with E-state index in [1.807, 2.05) is 6.07 Å². The highest BCUT2D eigenvalue weighted by molar-refractivity contribution is 6.06. The minimum absolute atomic E-state index is 0.261. The van der Waals surface area contributed by atoms with Gasteiger partial charge in [0.25, 0.3) is 5.91 Å². The zero-order valence-electron chi connectivity index (χ0n) is 13.4. The van der Waals surface area contributed by atoms with Gasteiger partial charge in [0, 0.05) is 31.0 Å². The van der Waals surface area contributed by atoms with E-state index >= 15 is 0 Å². The fourth-order valence-electron chi connectivity index (χ4n) is 2.89. The van der Waals surface area contributed by atoms with Crippen molar-refractivity contribution in [2.24, 2.45) is 5.73 Å². The number of hydrogen-bond acceptors (Lipinski definition) is 4. The molecule has 0 spiro atoms. The van der Waals surface area contributed by atoms with Crippen LogP contribution in [0.1, 0.15) is 40.0 Å². The number of rotatable bonds is 4. The fourth-order valence-corrected chi connectivity index (χ4v) is 2.89. The van der Waals surface area contributed by atoms with E-state index in [2.05, 4.69) is 15.2 Å². The van der Waals surface area contributed by atoms with Crippen molar-refractivity contribution in [1.29, 1.82) is 0 Å². The topological polar surface area (TPSA) is 88.3 Å². The molecule has 6 heteroatoms. The minimum Gasteiger partial charge on any atom is -0.370 e. The van der Waals surface area contributed by atoms with Gasteiger partial charge in [0.15, 0.2) is 0 Å². The summed E-state index contributed by atoms with van der Waals surface area (Å²) in [6, 6.07) is 8.60. The predicted octanol–water partition coefficient (Wildman–Crippen LogP) is 2.42. The van der Waals surface area contributed by atoms with Gasteiger partial charge >= 0.3 is 0 Å². The molecule has 3 N–H and O–H groups in total. The third-order valence-corrected chi connectivity index (χ3v) is 4.15. The first-order valence-electron chi connectivity index (χ1n) is 8.05. The number of nitrogens with zero attached hydrogens (tertiary/aromatic N) is 2. The SMILES string of the molecule is NC(=O)c1ccc(N2CCCCC2)c(NC(=O)c2cccnc2)c1. The number of hydrogen-bond donors (Lipinski definition) is 2. The Morgan fingerprint density at radius 2 is 1.88 bits per heavy atom. The van der Waals surface area contributed by atoms with Crippen LogP contribution in [0.25, 0.3) is 0 Å². The van der Waals surface area contributed by atoms with Crippen molar-refractivity contribution >= 4 is 23.2 Å². The zero-order valence-corrected chi connectivity index (χ0v) is 13.4. The molecule has 24 heavy (non-hydrogen) atoms. The lowest BCUT2D eigenvalue weighted by Gasteiger charge is -2.30. The molecule has 124 valence electrons. The van der Waals surface area contributed by atoms with Crippen LogP contribution < -0.4 is 16.0 Å². The number of aromatic nitrogens is 1. The predicted molar refractivity (Wildman–Crippen MR) is 93.2 cm³/mol. The van der Waals surface area contributed by atoms with E-state index in [0.717, 1.165) is 31.6 Å². The molecule has 1 aromatic heterocycles. The number of piperidine rings is 1. The van der Waals surface area contributed by atoms with Gasteiger partial charge in [-0.2, -0.15) is 0 Å². The highest BCUT2D eigenvalue weighted by Crippen LogP contribution is 2.30. The number of nitrogens with one attached hydrogen (secondary N) is 1. The second-order valence-electron chi connectivity index (χ2n) is 5.84. The maximum atomic E-state index is 12.4. The van der Waals surface area contributed by atoms with Crippen LogP contribution in [0.15, 0.2) is 42.7 Å². The van der Waals surface area contributed by atoms with Gasteiger partial charge < -0.3 is 16.0 Å². The second-order valence-corrected chi connectivity index (χ2v) is 5.84. The molecule has 3 rings (SSSR count). The Labute approximate surface area is 140 Å². The van der Waals surface area contributed by atoms with Crippen molar-refractivity contribution < 1.29 is 9.59 Å². The van der Waals surface area contributed by atoms with Gasteiger partial charge in [-0.1, -0.05) is 0 Å². The van der Waals surface area contributed by atoms with E-state index in [-0.39, 0.29) is 5.91 Å². The molecule has 0 radical (unpaired) electrons. The molecule has 0 atom stereocenters. The molecule has 2 heterocycles. The number of anilines is 2. The van der Waals surface area contributed by atoms with Gasteiger partial charge in [-0.15, -0.1) is 0 Å². The summed E-state index contributed by atoms with van der Waals surface area (Å²) in [5.41, 5.74) is 7.73. The molecule has 2 aromatic rings. The van der Waals surface area contributed by atoms with Crippen LogP contribution in [-0.4, -0.2) is 29.9 Å². The molecule has 1 fully saturated rings. The standard InChI is InChI=1S/C18H20N4O2/c19-17(23)13-6-7-16(22-9-2-1-3-10-22)15(11-13)21-18(24)14-5-4-8-20-12-14/h4-8,11-12H,1-3,9-10H2,(H2,19,23)(H,21,24). The van der Waals surface area contributed by atoms with E-state index in [4.69, 9.17) is 5.73 Å². The van der Waals surface area contributed by atoms with Crippen molar-refractivity contribution in [2.45, 2.75) is 19.3 Å². The average molecular weight is 324 g/mol. The third kappa shape index (κ3) is 3.53. The Bertz CT molecular complexity index is 740. The Morgan fingerprint density at radius 3 is 2.54 bits per heavy atom. The lowest BCUT2D eigenvalue weighted by Crippen LogP contribution is -2.30. The smallest absolute Gasteiger partial charge is 0.257 e. The number of carbonyl (C=O) groups excluding carboxylic acids is 2. The van der Waals surface area contributed by atoms with Crippen molar-refractivity contribution in [1.82, 2.24) is 4.98 Å². The van der Waals surface area contributed by atoms with E-state index in [1.165, 1.54) is 12.6 Å². The van der Waals surface area contributed by atoms with Crippen LogP contribution in [0.5, 0.6) is 0 Å². The molecule has 0 saturated carbocycles. The monoisotopic (exact) mass is 324 g/mol. The maximum Gasteiger partial charge on any atom is 0.257 e. The first-order valence-corrected chi connectivity index (χ1v) is 8.05. The molecule has 0 aliphatic carbocycles. The van der Waals surface area contributed by atoms with Crippen molar-refractivity contribution in [3.8, 4) is 0 Å². The number of nitrogens with two attached hydrogens (primary N) is 1. The molecule has 1 aliphatic heterocycles. The summed E-state index contributed by atoms with van der Waals surface area (Å²) < 4.78 is 0. The summed E-state index contributed by atoms with van der Waals surface area (Å²) in [6.45, 7) is 1.87. The van der Waals surface area contributed by atoms with Crippen molar-refractivity contribution in [3.63, 3.8) is 0 Å². The average Bonchev–Trinajstić information content (AvgIpc) is 2.63. The maximum absolute atomic E-state index is 12.4. The molecular formula is C18H20N4O2. The van der Waals surface area contributed by atoms with Gasteiger partial charge in [0.05, 0.1) is 16.9 Å². The van der Waals surface area contributed by atoms with Crippen LogP contribution in [-0.2, 0) is 0 Å². The molecule has 0 unspecified atom stereocenters. The second kappa shape index (κ2) is 7.12. The number of primary amides is 1. The molecule has 1 saturated heterocycles. The normalized spacial score (nSPS) is 14.2. The number of amides is 2. The molecule has 1 aliphatic rings. The lowest BCUT2D eigenvalue weighted by molar-refractivity contribution is 0.0996. The van der Waals surface area contributed by atoms with Crippen LogP contribution in [0, 0.1) is 0 Å². The Morgan fingerprint density at radius 1 is 1.08 bits per heavy atom. The first kappa shape index (κ1) is 16.0. The van der Waals surface area contributed by atoms with E-state index < -0.39 is 5.91 Å². The summed E-state index contributed by atoms with van der Waals surface area (Å²) in [5.74, 6) is -0.778. The highest BCUT2D eigenvalue weighted by atomic mass is 16.2. The summed E-state index contributed by atoms with van der Waals surface area (Å²) in [4.78, 5) is 30.1. The summed E-state index contributed by atoms with van der Waals surface area (Å²) in [7, 11) is 0. The van der Waals surface area contributed by atoms with Gasteiger partial charge in [0.2, 0.25) is 5.91 Å². The molecule has 1 aromatic carbocycles. The molecule has 2 amide bonds.